The highest BCUT2D eigenvalue weighted by Gasteiger charge is 2.15. The molecule has 0 saturated carbocycles. The molecule has 5 atom stereocenters. The van der Waals surface area contributed by atoms with Crippen molar-refractivity contribution in [2.75, 3.05) is 68.9 Å². The van der Waals surface area contributed by atoms with Gasteiger partial charge in [-0.25, -0.2) is 39.3 Å². The van der Waals surface area contributed by atoms with Gasteiger partial charge in [0.1, 0.15) is 47.9 Å². The zero-order chi connectivity index (χ0) is 70.0. The molecule has 6 aromatic heterocycles. The number of unbranched alkanes of at least 4 members (excludes halogenated alkanes) is 1. The van der Waals surface area contributed by atoms with E-state index in [2.05, 4.69) is 66.7 Å². The molecule has 0 bridgehead atoms. The number of aryl methyl sites for hydroxylation is 1. The third-order valence-corrected chi connectivity index (χ3v) is 12.0. The smallest absolute Gasteiger partial charge is 0.346 e. The fourth-order valence-corrected chi connectivity index (χ4v) is 6.95. The van der Waals surface area contributed by atoms with Crippen LogP contribution in [0.25, 0.3) is 22.3 Å². The lowest BCUT2D eigenvalue weighted by Crippen LogP contribution is -2.33. The summed E-state index contributed by atoms with van der Waals surface area (Å²) in [7, 11) is 4.07. The lowest BCUT2D eigenvalue weighted by atomic mass is 10.1. The van der Waals surface area contributed by atoms with E-state index >= 15 is 0 Å². The normalized spacial score (nSPS) is 11.6. The molecule has 91 heavy (non-hydrogen) atoms. The number of H-pyrrole nitrogens is 6. The van der Waals surface area contributed by atoms with Gasteiger partial charge in [0.2, 0.25) is 11.9 Å². The molecule has 6 rings (SSSR count). The van der Waals surface area contributed by atoms with Gasteiger partial charge >= 0.3 is 41.2 Å². The van der Waals surface area contributed by atoms with Gasteiger partial charge in [-0.3, -0.25) is 53.9 Å². The van der Waals surface area contributed by atoms with Gasteiger partial charge < -0.3 is 111 Å². The number of carboxylic acid groups (broad SMARTS) is 5. The number of methoxy groups -OCH3 is 1. The first-order valence-electron chi connectivity index (χ1n) is 26.2. The number of nitrogens with zero attached hydrogens (tertiary/aromatic N) is 6. The lowest BCUT2D eigenvalue weighted by Gasteiger charge is -2.07. The van der Waals surface area contributed by atoms with Crippen molar-refractivity contribution in [1.29, 1.82) is 5.41 Å². The zero-order valence-electron chi connectivity index (χ0n) is 49.9. The predicted molar refractivity (Wildman–Crippen MR) is 336 cm³/mol. The Balaban J connectivity index is -0.000000964. The van der Waals surface area contributed by atoms with Gasteiger partial charge in [0, 0.05) is 56.0 Å². The largest absolute Gasteiger partial charge is 0.480 e. The van der Waals surface area contributed by atoms with Crippen molar-refractivity contribution in [2.24, 2.45) is 34.4 Å². The van der Waals surface area contributed by atoms with Gasteiger partial charge in [0.15, 0.2) is 22.6 Å². The highest BCUT2D eigenvalue weighted by molar-refractivity contribution is 8.76. The molecule has 510 valence electrons. The molecule has 0 aliphatic heterocycles. The summed E-state index contributed by atoms with van der Waals surface area (Å²) in [5, 5.41) is 56.1. The summed E-state index contributed by atoms with van der Waals surface area (Å²) in [6.07, 6.45) is 9.41. The topological polar surface area (TPSA) is 750 Å². The molecule has 6 heterocycles. The van der Waals surface area contributed by atoms with Crippen LogP contribution in [0.5, 0.6) is 0 Å². The van der Waals surface area contributed by atoms with Gasteiger partial charge in [-0.05, 0) is 45.6 Å². The van der Waals surface area contributed by atoms with Gasteiger partial charge in [-0.15, -0.1) is 0 Å². The number of carboxylic acids is 5. The van der Waals surface area contributed by atoms with Crippen molar-refractivity contribution in [2.45, 2.75) is 96.0 Å². The first-order valence-corrected chi connectivity index (χ1v) is 28.7. The number of rotatable bonds is 26. The molecule has 43 heteroatoms. The van der Waals surface area contributed by atoms with E-state index in [4.69, 9.17) is 102 Å². The van der Waals surface area contributed by atoms with Gasteiger partial charge in [-0.1, -0.05) is 34.9 Å². The van der Waals surface area contributed by atoms with Crippen molar-refractivity contribution in [1.82, 2.24) is 59.8 Å². The molecule has 0 radical (unpaired) electrons. The molecule has 0 aromatic carbocycles. The number of nitrogen functional groups attached to an aromatic ring is 3. The number of imidazole rings is 2. The molecule has 0 spiro atoms. The van der Waals surface area contributed by atoms with Crippen LogP contribution in [0, 0.1) is 12.3 Å². The van der Waals surface area contributed by atoms with E-state index in [1.165, 1.54) is 66.0 Å². The van der Waals surface area contributed by atoms with E-state index in [0.717, 1.165) is 19.4 Å². The Kier molecular flexibility index (Phi) is 48.4. The number of nitrogens with two attached hydrogens (primary N) is 9. The van der Waals surface area contributed by atoms with E-state index in [1.807, 2.05) is 0 Å². The van der Waals surface area contributed by atoms with Crippen LogP contribution in [0.2, 0.25) is 0 Å². The SMILES string of the molecule is CC(O)C(=O)O.CCCOCCOCCOC.Cc1c[nH]c(=O)[nH]c1=O.N=C(N)CCCC[C@H](N)C(=O)O.NC(=O)CC[C@H](N)C(=O)O.NC(CSSC[C@H](N)C(=O)O)C(=O)O.Nc1ccnc(=O)[nH]1.Nc1nc2nc[nH]c2c(=O)[nH]1.Nc1ncnc2nc[nH]c12. The van der Waals surface area contributed by atoms with E-state index in [-0.39, 0.29) is 47.2 Å². The van der Waals surface area contributed by atoms with Crippen LogP contribution in [0.15, 0.2) is 56.6 Å². The molecule has 1 amide bonds. The molecular formula is C48H82N22O19S2. The minimum atomic E-state index is -1.23. The van der Waals surface area contributed by atoms with Crippen molar-refractivity contribution in [3.63, 3.8) is 0 Å². The first-order chi connectivity index (χ1) is 42.7. The standard InChI is InChI=1S/C8H18O3.C7H15N3O2.C6H12N2O4S2.C5H5N5O.C5H5N5.C5H10N2O3.C5H6N2O2.C4H5N3O.C3H6O3/c1-3-4-10-7-8-11-6-5-9-2;8-5(7(11)12)3-1-2-4-6(9)10;7-3(5(9)10)1-13-14-2-4(8)6(11)12;6-5-9-3-2(4(11)10-5)7-1-8-3;6-4-3-5(9-1-7-3)10-2-8-4;6-3(5(9)10)1-2-4(7)8;1-3-2-6-5(9)7-4(3)8;5-3-1-2-6-4(8)7-3;1-2(4)3(5)6/h3-8H2,1-2H3;5H,1-4,8H2,(H3,9,10)(H,11,12);3-4H,1-2,7-8H2,(H,9,10)(H,11,12);1H,(H4,6,7,8,9,10,11);1-2H,(H3,6,7,8,9,10);3H,1-2,6H2,(H2,7,8)(H,9,10);2H,1H3,(H2,6,7,8,9);1-2H,(H3,5,6,7,8);2,4H,1H3,(H,5,6)/t;5-;3-,4?;;;3-;;;/m.00..0.../s1. The number of carbonyl (C=O) groups is 6. The number of hydrogen-bond donors (Lipinski definition) is 22. The highest BCUT2D eigenvalue weighted by atomic mass is 33.1. The summed E-state index contributed by atoms with van der Waals surface area (Å²) in [4.78, 5) is 139. The van der Waals surface area contributed by atoms with Gasteiger partial charge in [-0.2, -0.15) is 4.98 Å². The summed E-state index contributed by atoms with van der Waals surface area (Å²) >= 11 is 0. The zero-order valence-corrected chi connectivity index (χ0v) is 51.6. The monoisotopic (exact) mass is 1330 g/mol. The number of nitrogens with one attached hydrogen (secondary N) is 7. The maximum Gasteiger partial charge on any atom is 0.346 e. The number of amides is 1. The lowest BCUT2D eigenvalue weighted by molar-refractivity contribution is -0.145. The van der Waals surface area contributed by atoms with E-state index < -0.39 is 77.4 Å². The number of aromatic nitrogens is 12. The number of aliphatic hydroxyl groups excluding tert-OH is 1. The molecular weight excluding hydrogens is 1250 g/mol. The summed E-state index contributed by atoms with van der Waals surface area (Å²) in [6, 6.07) is -2.09. The van der Waals surface area contributed by atoms with E-state index in [1.54, 1.807) is 14.0 Å². The predicted octanol–water partition coefficient (Wildman–Crippen LogP) is -3.83. The molecule has 0 aliphatic rings. The Morgan fingerprint density at radius 2 is 1.15 bits per heavy atom. The molecule has 0 saturated heterocycles. The van der Waals surface area contributed by atoms with Crippen LogP contribution in [0.4, 0.5) is 17.6 Å². The Hall–Kier alpha value is -9.47. The van der Waals surface area contributed by atoms with Crippen LogP contribution in [0.3, 0.4) is 0 Å². The minimum absolute atomic E-state index is 0.0213. The number of hydrogen-bond acceptors (Lipinski definition) is 30. The average Bonchev–Trinajstić information content (AvgIpc) is 1.85. The minimum Gasteiger partial charge on any atom is -0.480 e. The second-order valence-corrected chi connectivity index (χ2v) is 19.9. The molecule has 31 N–H and O–H groups in total. The molecule has 2 unspecified atom stereocenters. The summed E-state index contributed by atoms with van der Waals surface area (Å²) in [5.74, 6) is -4.49. The van der Waals surface area contributed by atoms with Crippen molar-refractivity contribution >= 4 is 103 Å². The Morgan fingerprint density at radius 1 is 0.637 bits per heavy atom. The number of fused-ring (bicyclic) bond motifs is 2. The Labute approximate surface area is 524 Å². The number of amidine groups is 1. The summed E-state index contributed by atoms with van der Waals surface area (Å²) in [6.45, 7) is 8.41. The Bertz CT molecular complexity index is 3260. The van der Waals surface area contributed by atoms with Crippen molar-refractivity contribution < 1.29 is 73.6 Å². The maximum atomic E-state index is 11.0. The molecule has 6 aromatic rings. The number of primary amides is 1. The number of carbonyl (C=O) groups excluding carboxylic acids is 1. The third-order valence-electron chi connectivity index (χ3n) is 9.54. The van der Waals surface area contributed by atoms with Crippen LogP contribution in [-0.4, -0.2) is 214 Å². The fourth-order valence-electron chi connectivity index (χ4n) is 4.72. The summed E-state index contributed by atoms with van der Waals surface area (Å²) < 4.78 is 15.2. The Morgan fingerprint density at radius 3 is 1.59 bits per heavy atom. The number of aliphatic hydroxyl groups is 1. The average molecular weight is 1340 g/mol. The van der Waals surface area contributed by atoms with Gasteiger partial charge in [0.25, 0.3) is 11.1 Å². The quantitative estimate of drug-likeness (QED) is 0.0107. The van der Waals surface area contributed by atoms with Crippen LogP contribution >= 0.6 is 21.6 Å². The third kappa shape index (κ3) is 47.2. The number of anilines is 3. The molecule has 0 aliphatic carbocycles. The van der Waals surface area contributed by atoms with Crippen LogP contribution in [-0.2, 0) is 43.0 Å². The number of aromatic amines is 6. The van der Waals surface area contributed by atoms with Crippen molar-refractivity contribution in [3.05, 3.63) is 84.7 Å². The second-order valence-electron chi connectivity index (χ2n) is 17.4. The second kappa shape index (κ2) is 51.4. The van der Waals surface area contributed by atoms with E-state index in [0.29, 0.717) is 85.2 Å². The number of aliphatic carboxylic acids is 5. The molecule has 41 nitrogen and oxygen atoms in total. The summed E-state index contributed by atoms with van der Waals surface area (Å²) in [5.41, 5.74) is 47.5. The van der Waals surface area contributed by atoms with Crippen molar-refractivity contribution in [3.8, 4) is 0 Å². The first kappa shape index (κ1) is 85.7. The van der Waals surface area contributed by atoms with Crippen LogP contribution < -0.4 is 74.1 Å². The van der Waals surface area contributed by atoms with Crippen LogP contribution in [0.1, 0.15) is 64.4 Å². The highest BCUT2D eigenvalue weighted by Crippen LogP contribution is 2.22. The van der Waals surface area contributed by atoms with E-state index in [9.17, 15) is 47.9 Å². The molecule has 0 fully saturated rings. The fraction of sp³-hybridized carbons (Fsp3) is 0.479. The maximum absolute atomic E-state index is 11.0. The van der Waals surface area contributed by atoms with Gasteiger partial charge in [0.05, 0.1) is 44.9 Å². The number of ether oxygens (including phenoxy) is 3.